The summed E-state index contributed by atoms with van der Waals surface area (Å²) in [4.78, 5) is 11.9. The topological polar surface area (TPSA) is 78.0 Å². The van der Waals surface area contributed by atoms with Crippen molar-refractivity contribution in [1.29, 1.82) is 0 Å². The van der Waals surface area contributed by atoms with Crippen molar-refractivity contribution < 1.29 is 9.90 Å². The molecule has 0 radical (unpaired) electrons. The molecule has 1 aromatic heterocycles. The van der Waals surface area contributed by atoms with Crippen LogP contribution in [0.5, 0.6) is 0 Å². The van der Waals surface area contributed by atoms with Gasteiger partial charge in [-0.25, -0.2) is 0 Å². The summed E-state index contributed by atoms with van der Waals surface area (Å²) in [5.41, 5.74) is 2.12. The fourth-order valence-electron chi connectivity index (χ4n) is 1.76. The van der Waals surface area contributed by atoms with Crippen LogP contribution in [0.2, 0.25) is 0 Å². The molecule has 100 valence electrons. The molecule has 1 aromatic carbocycles. The number of hydrogen-bond donors (Lipinski definition) is 3. The molecule has 5 heteroatoms. The summed E-state index contributed by atoms with van der Waals surface area (Å²) < 4.78 is 0. The molecule has 1 amide bonds. The van der Waals surface area contributed by atoms with Gasteiger partial charge in [-0.2, -0.15) is 5.10 Å². The highest BCUT2D eigenvalue weighted by Gasteiger charge is 2.13. The van der Waals surface area contributed by atoms with Crippen LogP contribution in [-0.2, 0) is 0 Å². The van der Waals surface area contributed by atoms with Crippen molar-refractivity contribution in [2.45, 2.75) is 19.4 Å². The molecule has 19 heavy (non-hydrogen) atoms. The third kappa shape index (κ3) is 3.42. The highest BCUT2D eigenvalue weighted by Crippen LogP contribution is 2.16. The zero-order valence-corrected chi connectivity index (χ0v) is 10.8. The molecular weight excluding hydrogens is 242 g/mol. The standard InChI is InChI=1S/C14H17N3O2/c1-10(7-8-18)15-14(19)13-9-12(16-17-13)11-5-3-2-4-6-11/h2-6,9-10,18H,7-8H2,1H3,(H,15,19)(H,16,17). The van der Waals surface area contributed by atoms with Crippen molar-refractivity contribution in [2.75, 3.05) is 6.61 Å². The van der Waals surface area contributed by atoms with Gasteiger partial charge in [-0.05, 0) is 19.4 Å². The summed E-state index contributed by atoms with van der Waals surface area (Å²) in [6.45, 7) is 1.91. The number of aliphatic hydroxyl groups excluding tert-OH is 1. The predicted octanol–water partition coefficient (Wildman–Crippen LogP) is 1.58. The Bertz CT molecular complexity index is 537. The van der Waals surface area contributed by atoms with Crippen LogP contribution < -0.4 is 5.32 Å². The second-order valence-corrected chi connectivity index (χ2v) is 4.42. The van der Waals surface area contributed by atoms with Gasteiger partial charge in [-0.1, -0.05) is 30.3 Å². The van der Waals surface area contributed by atoms with E-state index in [0.29, 0.717) is 12.1 Å². The van der Waals surface area contributed by atoms with Crippen LogP contribution in [0.25, 0.3) is 11.3 Å². The summed E-state index contributed by atoms with van der Waals surface area (Å²) in [5.74, 6) is -0.212. The van der Waals surface area contributed by atoms with Crippen LogP contribution in [0.1, 0.15) is 23.8 Å². The van der Waals surface area contributed by atoms with Gasteiger partial charge in [0, 0.05) is 18.2 Å². The fraction of sp³-hybridized carbons (Fsp3) is 0.286. The van der Waals surface area contributed by atoms with Gasteiger partial charge in [0.05, 0.1) is 5.69 Å². The number of rotatable bonds is 5. The number of aromatic amines is 1. The van der Waals surface area contributed by atoms with E-state index in [0.717, 1.165) is 11.3 Å². The largest absolute Gasteiger partial charge is 0.396 e. The highest BCUT2D eigenvalue weighted by molar-refractivity contribution is 5.93. The number of aliphatic hydroxyl groups is 1. The molecule has 3 N–H and O–H groups in total. The molecule has 1 heterocycles. The molecule has 0 aliphatic heterocycles. The molecule has 0 saturated carbocycles. The van der Waals surface area contributed by atoms with Crippen molar-refractivity contribution >= 4 is 5.91 Å². The minimum Gasteiger partial charge on any atom is -0.396 e. The number of carbonyl (C=O) groups is 1. The summed E-state index contributed by atoms with van der Waals surface area (Å²) in [7, 11) is 0. The molecule has 1 atom stereocenters. The molecule has 5 nitrogen and oxygen atoms in total. The van der Waals surface area contributed by atoms with E-state index in [-0.39, 0.29) is 18.6 Å². The number of hydrogen-bond acceptors (Lipinski definition) is 3. The molecular formula is C14H17N3O2. The smallest absolute Gasteiger partial charge is 0.269 e. The molecule has 0 aliphatic carbocycles. The highest BCUT2D eigenvalue weighted by atomic mass is 16.3. The van der Waals surface area contributed by atoms with Gasteiger partial charge in [-0.15, -0.1) is 0 Å². The Kier molecular flexibility index (Phi) is 4.30. The molecule has 1 unspecified atom stereocenters. The maximum absolute atomic E-state index is 11.9. The number of H-pyrrole nitrogens is 1. The van der Waals surface area contributed by atoms with E-state index in [1.54, 1.807) is 6.07 Å². The Morgan fingerprint density at radius 1 is 1.42 bits per heavy atom. The van der Waals surface area contributed by atoms with Gasteiger partial charge >= 0.3 is 0 Å². The van der Waals surface area contributed by atoms with Crippen LogP contribution in [0.15, 0.2) is 36.4 Å². The first-order chi connectivity index (χ1) is 9.20. The lowest BCUT2D eigenvalue weighted by molar-refractivity contribution is 0.0929. The van der Waals surface area contributed by atoms with Gasteiger partial charge in [0.2, 0.25) is 0 Å². The normalized spacial score (nSPS) is 12.1. The van der Waals surface area contributed by atoms with E-state index >= 15 is 0 Å². The predicted molar refractivity (Wildman–Crippen MR) is 72.7 cm³/mol. The van der Waals surface area contributed by atoms with E-state index in [4.69, 9.17) is 5.11 Å². The summed E-state index contributed by atoms with van der Waals surface area (Å²) >= 11 is 0. The Labute approximate surface area is 111 Å². The monoisotopic (exact) mass is 259 g/mol. The Hall–Kier alpha value is -2.14. The fourth-order valence-corrected chi connectivity index (χ4v) is 1.76. The number of amides is 1. The molecule has 2 rings (SSSR count). The molecule has 0 aliphatic rings. The molecule has 0 bridgehead atoms. The van der Waals surface area contributed by atoms with Crippen LogP contribution >= 0.6 is 0 Å². The van der Waals surface area contributed by atoms with Gasteiger partial charge in [0.15, 0.2) is 0 Å². The van der Waals surface area contributed by atoms with E-state index < -0.39 is 0 Å². The number of nitrogens with one attached hydrogen (secondary N) is 2. The maximum Gasteiger partial charge on any atom is 0.269 e. The van der Waals surface area contributed by atoms with Crippen LogP contribution in [0.3, 0.4) is 0 Å². The van der Waals surface area contributed by atoms with E-state index in [2.05, 4.69) is 15.5 Å². The lowest BCUT2D eigenvalue weighted by atomic mass is 10.1. The maximum atomic E-state index is 11.9. The average Bonchev–Trinajstić information content (AvgIpc) is 2.89. The quantitative estimate of drug-likeness (QED) is 0.762. The van der Waals surface area contributed by atoms with E-state index in [1.807, 2.05) is 37.3 Å². The number of benzene rings is 1. The molecule has 0 fully saturated rings. The summed E-state index contributed by atoms with van der Waals surface area (Å²) in [6, 6.07) is 11.3. The Morgan fingerprint density at radius 3 is 2.84 bits per heavy atom. The zero-order chi connectivity index (χ0) is 13.7. The SMILES string of the molecule is CC(CCO)NC(=O)c1cc(-c2ccccc2)n[nH]1. The van der Waals surface area contributed by atoms with Crippen LogP contribution in [-0.4, -0.2) is 33.9 Å². The lowest BCUT2D eigenvalue weighted by Gasteiger charge is -2.10. The van der Waals surface area contributed by atoms with Crippen molar-refractivity contribution in [3.63, 3.8) is 0 Å². The minimum absolute atomic E-state index is 0.0552. The second-order valence-electron chi connectivity index (χ2n) is 4.42. The second kappa shape index (κ2) is 6.15. The van der Waals surface area contributed by atoms with Gasteiger partial charge in [-0.3, -0.25) is 9.89 Å². The van der Waals surface area contributed by atoms with Gasteiger partial charge < -0.3 is 10.4 Å². The van der Waals surface area contributed by atoms with E-state index in [1.165, 1.54) is 0 Å². The molecule has 0 spiro atoms. The van der Waals surface area contributed by atoms with Gasteiger partial charge in [0.1, 0.15) is 5.69 Å². The molecule has 2 aromatic rings. The number of carbonyl (C=O) groups excluding carboxylic acids is 1. The first-order valence-electron chi connectivity index (χ1n) is 6.23. The van der Waals surface area contributed by atoms with Crippen molar-refractivity contribution in [2.24, 2.45) is 0 Å². The molecule has 0 saturated heterocycles. The summed E-state index contributed by atoms with van der Waals surface area (Å²) in [5, 5.41) is 18.4. The van der Waals surface area contributed by atoms with Crippen molar-refractivity contribution in [1.82, 2.24) is 15.5 Å². The third-order valence-electron chi connectivity index (χ3n) is 2.83. The van der Waals surface area contributed by atoms with Gasteiger partial charge in [0.25, 0.3) is 5.91 Å². The Morgan fingerprint density at radius 2 is 2.16 bits per heavy atom. The van der Waals surface area contributed by atoms with Crippen molar-refractivity contribution in [3.05, 3.63) is 42.1 Å². The number of nitrogens with zero attached hydrogens (tertiary/aromatic N) is 1. The lowest BCUT2D eigenvalue weighted by Crippen LogP contribution is -2.33. The van der Waals surface area contributed by atoms with Crippen molar-refractivity contribution in [3.8, 4) is 11.3 Å². The first-order valence-corrected chi connectivity index (χ1v) is 6.23. The number of aromatic nitrogens is 2. The van der Waals surface area contributed by atoms with E-state index in [9.17, 15) is 4.79 Å². The Balaban J connectivity index is 2.07. The minimum atomic E-state index is -0.212. The first kappa shape index (κ1) is 13.3. The summed E-state index contributed by atoms with van der Waals surface area (Å²) in [6.07, 6.45) is 0.533. The van der Waals surface area contributed by atoms with Crippen LogP contribution in [0, 0.1) is 0 Å². The third-order valence-corrected chi connectivity index (χ3v) is 2.83. The van der Waals surface area contributed by atoms with Crippen LogP contribution in [0.4, 0.5) is 0 Å². The zero-order valence-electron chi connectivity index (χ0n) is 10.8. The average molecular weight is 259 g/mol.